The van der Waals surface area contributed by atoms with E-state index in [-0.39, 0.29) is 19.0 Å². The van der Waals surface area contributed by atoms with Crippen LogP contribution in [0.4, 0.5) is 13.2 Å². The molecule has 0 amide bonds. The molecule has 2 atom stereocenters. The Morgan fingerprint density at radius 1 is 1.26 bits per heavy atom. The minimum Gasteiger partial charge on any atom is -0.496 e. The third kappa shape index (κ3) is 3.21. The molecule has 1 saturated heterocycles. The predicted molar refractivity (Wildman–Crippen MR) is 67.3 cm³/mol. The Kier molecular flexibility index (Phi) is 4.04. The van der Waals surface area contributed by atoms with Gasteiger partial charge in [-0.15, -0.1) is 0 Å². The molecular weight excluding hydrogens is 255 g/mol. The highest BCUT2D eigenvalue weighted by Crippen LogP contribution is 2.37. The molecule has 106 valence electrons. The Morgan fingerprint density at radius 2 is 2.00 bits per heavy atom. The van der Waals surface area contributed by atoms with E-state index in [0.717, 1.165) is 16.9 Å². The molecule has 0 aromatic heterocycles. The van der Waals surface area contributed by atoms with Gasteiger partial charge in [0.25, 0.3) is 0 Å². The highest BCUT2D eigenvalue weighted by Gasteiger charge is 2.41. The van der Waals surface area contributed by atoms with E-state index in [9.17, 15) is 13.2 Å². The van der Waals surface area contributed by atoms with E-state index < -0.39 is 12.1 Å². The predicted octanol–water partition coefficient (Wildman–Crippen LogP) is 3.61. The maximum Gasteiger partial charge on any atom is 0.393 e. The summed E-state index contributed by atoms with van der Waals surface area (Å²) in [5.74, 6) is -0.506. The SMILES string of the molecule is COc1ccc(C)cc1C1CCC(C(F)(F)F)CN1. The zero-order valence-corrected chi connectivity index (χ0v) is 11.1. The van der Waals surface area contributed by atoms with Crippen molar-refractivity contribution in [1.82, 2.24) is 5.32 Å². The zero-order valence-electron chi connectivity index (χ0n) is 11.1. The van der Waals surface area contributed by atoms with Crippen LogP contribution in [0.5, 0.6) is 5.75 Å². The number of methoxy groups -OCH3 is 1. The smallest absolute Gasteiger partial charge is 0.393 e. The van der Waals surface area contributed by atoms with Crippen molar-refractivity contribution in [3.05, 3.63) is 29.3 Å². The fraction of sp³-hybridized carbons (Fsp3) is 0.571. The van der Waals surface area contributed by atoms with Gasteiger partial charge < -0.3 is 10.1 Å². The number of hydrogen-bond acceptors (Lipinski definition) is 2. The third-order valence-electron chi connectivity index (χ3n) is 3.64. The minimum absolute atomic E-state index is 0.0226. The standard InChI is InChI=1S/C14H18F3NO/c1-9-3-6-13(19-2)11(7-9)12-5-4-10(8-18-12)14(15,16)17/h3,6-7,10,12,18H,4-5,8H2,1-2H3. The van der Waals surface area contributed by atoms with Crippen molar-refractivity contribution in [2.24, 2.45) is 5.92 Å². The van der Waals surface area contributed by atoms with Gasteiger partial charge in [0.2, 0.25) is 0 Å². The first kappa shape index (κ1) is 14.2. The lowest BCUT2D eigenvalue weighted by Crippen LogP contribution is -2.40. The topological polar surface area (TPSA) is 21.3 Å². The minimum atomic E-state index is -4.10. The molecule has 2 rings (SSSR count). The summed E-state index contributed by atoms with van der Waals surface area (Å²) in [7, 11) is 1.58. The summed E-state index contributed by atoms with van der Waals surface area (Å²) in [5.41, 5.74) is 2.03. The molecule has 19 heavy (non-hydrogen) atoms. The van der Waals surface area contributed by atoms with E-state index in [1.54, 1.807) is 7.11 Å². The van der Waals surface area contributed by atoms with Gasteiger partial charge in [-0.05, 0) is 25.8 Å². The van der Waals surface area contributed by atoms with Crippen LogP contribution < -0.4 is 10.1 Å². The molecule has 2 nitrogen and oxygen atoms in total. The molecule has 2 unspecified atom stereocenters. The molecule has 0 aliphatic carbocycles. The Labute approximate surface area is 111 Å². The first-order valence-electron chi connectivity index (χ1n) is 6.36. The lowest BCUT2D eigenvalue weighted by atomic mass is 9.89. The van der Waals surface area contributed by atoms with E-state index in [1.807, 2.05) is 25.1 Å². The zero-order chi connectivity index (χ0) is 14.0. The van der Waals surface area contributed by atoms with Crippen LogP contribution in [0.1, 0.15) is 30.0 Å². The summed E-state index contributed by atoms with van der Waals surface area (Å²) in [4.78, 5) is 0. The van der Waals surface area contributed by atoms with Crippen molar-refractivity contribution in [3.8, 4) is 5.75 Å². The van der Waals surface area contributed by atoms with Crippen molar-refractivity contribution in [3.63, 3.8) is 0 Å². The van der Waals surface area contributed by atoms with Crippen LogP contribution in [-0.4, -0.2) is 19.8 Å². The van der Waals surface area contributed by atoms with Gasteiger partial charge in [0.15, 0.2) is 0 Å². The average Bonchev–Trinajstić information content (AvgIpc) is 2.38. The van der Waals surface area contributed by atoms with Gasteiger partial charge in [-0.25, -0.2) is 0 Å². The maximum absolute atomic E-state index is 12.6. The summed E-state index contributed by atoms with van der Waals surface area (Å²) in [5, 5.41) is 2.99. The van der Waals surface area contributed by atoms with E-state index in [1.165, 1.54) is 0 Å². The molecule has 5 heteroatoms. The second kappa shape index (κ2) is 5.41. The van der Waals surface area contributed by atoms with Crippen molar-refractivity contribution >= 4 is 0 Å². The normalized spacial score (nSPS) is 24.3. The first-order chi connectivity index (χ1) is 8.91. The van der Waals surface area contributed by atoms with Crippen LogP contribution in [0.15, 0.2) is 18.2 Å². The number of alkyl halides is 3. The third-order valence-corrected chi connectivity index (χ3v) is 3.64. The fourth-order valence-corrected chi connectivity index (χ4v) is 2.53. The number of nitrogens with one attached hydrogen (secondary N) is 1. The van der Waals surface area contributed by atoms with Crippen LogP contribution in [0.3, 0.4) is 0 Å². The molecule has 0 spiro atoms. The van der Waals surface area contributed by atoms with Crippen LogP contribution in [0.2, 0.25) is 0 Å². The molecule has 0 saturated carbocycles. The summed E-state index contributed by atoms with van der Waals surface area (Å²) < 4.78 is 43.1. The molecule has 1 aromatic carbocycles. The largest absolute Gasteiger partial charge is 0.496 e. The second-order valence-electron chi connectivity index (χ2n) is 5.02. The Balaban J connectivity index is 2.11. The number of ether oxygens (including phenoxy) is 1. The number of hydrogen-bond donors (Lipinski definition) is 1. The van der Waals surface area contributed by atoms with Gasteiger partial charge in [0.05, 0.1) is 13.0 Å². The molecule has 1 aliphatic rings. The molecule has 1 heterocycles. The summed E-state index contributed by atoms with van der Waals surface area (Å²) in [6, 6.07) is 5.71. The Morgan fingerprint density at radius 3 is 2.53 bits per heavy atom. The van der Waals surface area contributed by atoms with Crippen molar-refractivity contribution in [2.75, 3.05) is 13.7 Å². The van der Waals surface area contributed by atoms with Gasteiger partial charge in [0, 0.05) is 18.2 Å². The highest BCUT2D eigenvalue weighted by atomic mass is 19.4. The highest BCUT2D eigenvalue weighted by molar-refractivity contribution is 5.39. The second-order valence-corrected chi connectivity index (χ2v) is 5.02. The van der Waals surface area contributed by atoms with Gasteiger partial charge >= 0.3 is 6.18 Å². The molecular formula is C14H18F3NO. The lowest BCUT2D eigenvalue weighted by Gasteiger charge is -2.32. The van der Waals surface area contributed by atoms with Gasteiger partial charge in [-0.2, -0.15) is 13.2 Å². The lowest BCUT2D eigenvalue weighted by molar-refractivity contribution is -0.179. The van der Waals surface area contributed by atoms with E-state index in [0.29, 0.717) is 6.42 Å². The number of piperidine rings is 1. The van der Waals surface area contributed by atoms with Crippen molar-refractivity contribution in [1.29, 1.82) is 0 Å². The van der Waals surface area contributed by atoms with E-state index >= 15 is 0 Å². The number of rotatable bonds is 2. The molecule has 1 fully saturated rings. The quantitative estimate of drug-likeness (QED) is 0.888. The number of benzene rings is 1. The summed E-state index contributed by atoms with van der Waals surface area (Å²) in [6.45, 7) is 1.94. The Hall–Kier alpha value is -1.23. The molecule has 0 bridgehead atoms. The van der Waals surface area contributed by atoms with Gasteiger partial charge in [0.1, 0.15) is 5.75 Å². The summed E-state index contributed by atoms with van der Waals surface area (Å²) in [6.07, 6.45) is -3.46. The van der Waals surface area contributed by atoms with Crippen molar-refractivity contribution in [2.45, 2.75) is 32.0 Å². The van der Waals surface area contributed by atoms with Crippen LogP contribution in [0, 0.1) is 12.8 Å². The van der Waals surface area contributed by atoms with Crippen LogP contribution in [-0.2, 0) is 0 Å². The maximum atomic E-state index is 12.6. The van der Waals surface area contributed by atoms with Crippen LogP contribution >= 0.6 is 0 Å². The van der Waals surface area contributed by atoms with Crippen LogP contribution in [0.25, 0.3) is 0 Å². The van der Waals surface area contributed by atoms with E-state index in [4.69, 9.17) is 4.74 Å². The number of halogens is 3. The Bertz CT molecular complexity index is 437. The first-order valence-corrected chi connectivity index (χ1v) is 6.36. The van der Waals surface area contributed by atoms with Crippen molar-refractivity contribution < 1.29 is 17.9 Å². The molecule has 1 aliphatic heterocycles. The van der Waals surface area contributed by atoms with E-state index in [2.05, 4.69) is 5.32 Å². The fourth-order valence-electron chi connectivity index (χ4n) is 2.53. The number of aryl methyl sites for hydroxylation is 1. The van der Waals surface area contributed by atoms with Gasteiger partial charge in [-0.3, -0.25) is 0 Å². The average molecular weight is 273 g/mol. The molecule has 1 N–H and O–H groups in total. The monoisotopic (exact) mass is 273 g/mol. The molecule has 1 aromatic rings. The molecule has 0 radical (unpaired) electrons. The summed E-state index contributed by atoms with van der Waals surface area (Å²) >= 11 is 0. The van der Waals surface area contributed by atoms with Gasteiger partial charge in [-0.1, -0.05) is 17.7 Å².